The van der Waals surface area contributed by atoms with E-state index in [4.69, 9.17) is 9.47 Å². The fraction of sp³-hybridized carbons (Fsp3) is 0.391. The minimum absolute atomic E-state index is 0.0521. The van der Waals surface area contributed by atoms with Crippen LogP contribution in [0.25, 0.3) is 0 Å². The van der Waals surface area contributed by atoms with Crippen LogP contribution in [0.1, 0.15) is 27.6 Å². The number of nitrogens with one attached hydrogen (secondary N) is 1. The van der Waals surface area contributed by atoms with Gasteiger partial charge < -0.3 is 19.3 Å². The van der Waals surface area contributed by atoms with E-state index in [9.17, 15) is 22.4 Å². The van der Waals surface area contributed by atoms with Gasteiger partial charge in [-0.15, -0.1) is 0 Å². The molecule has 0 radical (unpaired) electrons. The third-order valence-electron chi connectivity index (χ3n) is 5.57. The Kier molecular flexibility index (Phi) is 8.24. The SMILES string of the molecule is CNS(=O)(=O)c1ccc(OCCOC)c(C(=O)N2CCN(c3ccc(C(C)=O)cc3F)CC2)c1. The molecule has 0 aliphatic carbocycles. The van der Waals surface area contributed by atoms with Crippen molar-refractivity contribution in [2.75, 3.05) is 58.5 Å². The fourth-order valence-electron chi connectivity index (χ4n) is 3.63. The van der Waals surface area contributed by atoms with E-state index in [2.05, 4.69) is 4.72 Å². The molecule has 1 saturated heterocycles. The highest BCUT2D eigenvalue weighted by Gasteiger charge is 2.27. The quantitative estimate of drug-likeness (QED) is 0.420. The zero-order chi connectivity index (χ0) is 24.9. The molecule has 0 atom stereocenters. The molecule has 0 spiro atoms. The van der Waals surface area contributed by atoms with Gasteiger partial charge in [0.15, 0.2) is 5.78 Å². The standard InChI is InChI=1S/C23H28FN3O6S/c1-16(28)17-4-6-21(20(24)14-17)26-8-10-27(11-9-26)23(29)19-15-18(34(30,31)25-2)5-7-22(19)33-13-12-32-3/h4-7,14-15,25H,8-13H2,1-3H3. The summed E-state index contributed by atoms with van der Waals surface area (Å²) in [5.74, 6) is -0.837. The molecular weight excluding hydrogens is 465 g/mol. The van der Waals surface area contributed by atoms with Crippen LogP contribution >= 0.6 is 0 Å². The number of carbonyl (C=O) groups excluding carboxylic acids is 2. The van der Waals surface area contributed by atoms with Crippen molar-refractivity contribution in [1.29, 1.82) is 0 Å². The maximum Gasteiger partial charge on any atom is 0.257 e. The highest BCUT2D eigenvalue weighted by atomic mass is 32.2. The number of amides is 1. The zero-order valence-electron chi connectivity index (χ0n) is 19.3. The van der Waals surface area contributed by atoms with E-state index >= 15 is 0 Å². The molecule has 0 bridgehead atoms. The van der Waals surface area contributed by atoms with Gasteiger partial charge in [0.1, 0.15) is 18.2 Å². The number of carbonyl (C=O) groups is 2. The number of anilines is 1. The van der Waals surface area contributed by atoms with Crippen molar-refractivity contribution in [3.8, 4) is 5.75 Å². The van der Waals surface area contributed by atoms with Crippen LogP contribution in [0.4, 0.5) is 10.1 Å². The topological polar surface area (TPSA) is 105 Å². The van der Waals surface area contributed by atoms with Gasteiger partial charge in [0.25, 0.3) is 5.91 Å². The second kappa shape index (κ2) is 10.9. The number of benzene rings is 2. The molecule has 9 nitrogen and oxygen atoms in total. The van der Waals surface area contributed by atoms with Gasteiger partial charge in [-0.05, 0) is 50.4 Å². The molecule has 2 aromatic carbocycles. The summed E-state index contributed by atoms with van der Waals surface area (Å²) in [5, 5.41) is 0. The summed E-state index contributed by atoms with van der Waals surface area (Å²) in [6.45, 7) is 3.21. The van der Waals surface area contributed by atoms with E-state index in [-0.39, 0.29) is 34.5 Å². The van der Waals surface area contributed by atoms with Crippen LogP contribution in [-0.2, 0) is 14.8 Å². The summed E-state index contributed by atoms with van der Waals surface area (Å²) < 4.78 is 51.9. The van der Waals surface area contributed by atoms with Crippen molar-refractivity contribution < 1.29 is 31.9 Å². The summed E-state index contributed by atoms with van der Waals surface area (Å²) in [5.41, 5.74) is 0.785. The number of ether oxygens (including phenoxy) is 2. The Balaban J connectivity index is 1.79. The molecule has 3 rings (SSSR count). The number of methoxy groups -OCH3 is 1. The molecule has 1 N–H and O–H groups in total. The molecule has 2 aromatic rings. The summed E-state index contributed by atoms with van der Waals surface area (Å²) in [4.78, 5) is 28.1. The second-order valence-electron chi connectivity index (χ2n) is 7.71. The minimum Gasteiger partial charge on any atom is -0.490 e. The van der Waals surface area contributed by atoms with Crippen molar-refractivity contribution in [3.05, 3.63) is 53.3 Å². The number of rotatable bonds is 9. The Morgan fingerprint density at radius 3 is 2.35 bits per heavy atom. The third-order valence-corrected chi connectivity index (χ3v) is 6.98. The number of piperazine rings is 1. The van der Waals surface area contributed by atoms with Crippen molar-refractivity contribution >= 4 is 27.4 Å². The number of ketones is 1. The Bertz CT molecular complexity index is 1160. The van der Waals surface area contributed by atoms with Gasteiger partial charge >= 0.3 is 0 Å². The van der Waals surface area contributed by atoms with Gasteiger partial charge in [-0.25, -0.2) is 17.5 Å². The lowest BCUT2D eigenvalue weighted by atomic mass is 10.1. The average molecular weight is 494 g/mol. The Morgan fingerprint density at radius 1 is 1.06 bits per heavy atom. The molecule has 34 heavy (non-hydrogen) atoms. The van der Waals surface area contributed by atoms with Crippen LogP contribution < -0.4 is 14.4 Å². The maximum absolute atomic E-state index is 14.5. The van der Waals surface area contributed by atoms with Crippen molar-refractivity contribution in [3.63, 3.8) is 0 Å². The van der Waals surface area contributed by atoms with Crippen LogP contribution in [0.3, 0.4) is 0 Å². The van der Waals surface area contributed by atoms with E-state index < -0.39 is 15.8 Å². The first-order valence-corrected chi connectivity index (χ1v) is 12.2. The molecular formula is C23H28FN3O6S. The van der Waals surface area contributed by atoms with E-state index in [1.54, 1.807) is 21.9 Å². The molecule has 0 unspecified atom stereocenters. The molecule has 11 heteroatoms. The van der Waals surface area contributed by atoms with E-state index in [1.165, 1.54) is 45.3 Å². The molecule has 0 aromatic heterocycles. The van der Waals surface area contributed by atoms with Gasteiger partial charge in [-0.1, -0.05) is 0 Å². The number of nitrogens with zero attached hydrogens (tertiary/aromatic N) is 2. The first-order valence-electron chi connectivity index (χ1n) is 10.7. The number of hydrogen-bond donors (Lipinski definition) is 1. The van der Waals surface area contributed by atoms with Gasteiger partial charge in [-0.3, -0.25) is 9.59 Å². The molecule has 1 heterocycles. The Hall–Kier alpha value is -3.02. The first kappa shape index (κ1) is 25.6. The smallest absolute Gasteiger partial charge is 0.257 e. The zero-order valence-corrected chi connectivity index (χ0v) is 20.2. The lowest BCUT2D eigenvalue weighted by Gasteiger charge is -2.36. The minimum atomic E-state index is -3.76. The highest BCUT2D eigenvalue weighted by Crippen LogP contribution is 2.27. The van der Waals surface area contributed by atoms with Crippen LogP contribution in [0.2, 0.25) is 0 Å². The number of hydrogen-bond acceptors (Lipinski definition) is 7. The van der Waals surface area contributed by atoms with Gasteiger partial charge in [0.05, 0.1) is 22.8 Å². The van der Waals surface area contributed by atoms with Crippen LogP contribution in [0.5, 0.6) is 5.75 Å². The second-order valence-corrected chi connectivity index (χ2v) is 9.59. The third kappa shape index (κ3) is 5.72. The maximum atomic E-state index is 14.5. The average Bonchev–Trinajstić information content (AvgIpc) is 2.84. The normalized spacial score (nSPS) is 14.2. The number of sulfonamides is 1. The van der Waals surface area contributed by atoms with Crippen LogP contribution in [0, 0.1) is 5.82 Å². The van der Waals surface area contributed by atoms with Crippen LogP contribution in [0.15, 0.2) is 41.3 Å². The summed E-state index contributed by atoms with van der Waals surface area (Å²) >= 11 is 0. The summed E-state index contributed by atoms with van der Waals surface area (Å²) in [6.07, 6.45) is 0. The molecule has 1 aliphatic rings. The predicted molar refractivity (Wildman–Crippen MR) is 125 cm³/mol. The van der Waals surface area contributed by atoms with E-state index in [1.807, 2.05) is 0 Å². The molecule has 1 aliphatic heterocycles. The van der Waals surface area contributed by atoms with Gasteiger partial charge in [0, 0.05) is 38.9 Å². The van der Waals surface area contributed by atoms with Crippen LogP contribution in [-0.4, -0.2) is 78.6 Å². The summed E-state index contributed by atoms with van der Waals surface area (Å²) in [6, 6.07) is 8.48. The number of halogens is 1. The predicted octanol–water partition coefficient (Wildman–Crippen LogP) is 1.92. The first-order chi connectivity index (χ1) is 16.2. The molecule has 0 saturated carbocycles. The lowest BCUT2D eigenvalue weighted by Crippen LogP contribution is -2.49. The van der Waals surface area contributed by atoms with Crippen molar-refractivity contribution in [1.82, 2.24) is 9.62 Å². The van der Waals surface area contributed by atoms with E-state index in [0.717, 1.165) is 0 Å². The fourth-order valence-corrected chi connectivity index (χ4v) is 4.38. The molecule has 184 valence electrons. The van der Waals surface area contributed by atoms with E-state index in [0.29, 0.717) is 44.0 Å². The monoisotopic (exact) mass is 493 g/mol. The molecule has 1 amide bonds. The number of Topliss-reactive ketones (excluding diaryl/α,β-unsaturated/α-hetero) is 1. The Morgan fingerprint density at radius 2 is 1.76 bits per heavy atom. The molecule has 1 fully saturated rings. The van der Waals surface area contributed by atoms with Crippen molar-refractivity contribution in [2.45, 2.75) is 11.8 Å². The summed E-state index contributed by atoms with van der Waals surface area (Å²) in [7, 11) is -0.946. The lowest BCUT2D eigenvalue weighted by molar-refractivity contribution is 0.0739. The van der Waals surface area contributed by atoms with Crippen molar-refractivity contribution in [2.24, 2.45) is 0 Å². The highest BCUT2D eigenvalue weighted by molar-refractivity contribution is 7.89. The Labute approximate surface area is 198 Å². The van der Waals surface area contributed by atoms with Gasteiger partial charge in [0.2, 0.25) is 10.0 Å². The largest absolute Gasteiger partial charge is 0.490 e. The van der Waals surface area contributed by atoms with Gasteiger partial charge in [-0.2, -0.15) is 0 Å².